The van der Waals surface area contributed by atoms with Gasteiger partial charge in [-0.3, -0.25) is 13.9 Å². The summed E-state index contributed by atoms with van der Waals surface area (Å²) in [5.74, 6) is -0.977. The molecule has 0 heterocycles. The van der Waals surface area contributed by atoms with Gasteiger partial charge in [-0.1, -0.05) is 46.9 Å². The molecule has 35 heavy (non-hydrogen) atoms. The number of amides is 2. The molecule has 0 fully saturated rings. The van der Waals surface area contributed by atoms with Crippen LogP contribution in [-0.4, -0.2) is 49.5 Å². The lowest BCUT2D eigenvalue weighted by atomic mass is 10.1. The lowest BCUT2D eigenvalue weighted by Crippen LogP contribution is -2.54. The van der Waals surface area contributed by atoms with E-state index < -0.39 is 34.1 Å². The van der Waals surface area contributed by atoms with E-state index in [9.17, 15) is 18.0 Å². The molecular formula is C24H30Cl3N3O4S. The monoisotopic (exact) mass is 561 g/mol. The third-order valence-electron chi connectivity index (χ3n) is 5.14. The quantitative estimate of drug-likeness (QED) is 0.488. The molecule has 0 radical (unpaired) electrons. The van der Waals surface area contributed by atoms with Gasteiger partial charge < -0.3 is 10.2 Å². The van der Waals surface area contributed by atoms with Crippen LogP contribution in [0.2, 0.25) is 15.1 Å². The van der Waals surface area contributed by atoms with Crippen molar-refractivity contribution in [3.63, 3.8) is 0 Å². The topological polar surface area (TPSA) is 86.8 Å². The van der Waals surface area contributed by atoms with Gasteiger partial charge in [0, 0.05) is 27.2 Å². The zero-order valence-electron chi connectivity index (χ0n) is 20.5. The van der Waals surface area contributed by atoms with Crippen LogP contribution in [0, 0.1) is 6.92 Å². The highest BCUT2D eigenvalue weighted by Crippen LogP contribution is 2.26. The highest BCUT2D eigenvalue weighted by molar-refractivity contribution is 7.92. The van der Waals surface area contributed by atoms with Crippen LogP contribution in [0.1, 0.15) is 38.8 Å². The number of benzene rings is 2. The van der Waals surface area contributed by atoms with Crippen molar-refractivity contribution in [1.29, 1.82) is 0 Å². The van der Waals surface area contributed by atoms with Crippen LogP contribution >= 0.6 is 34.8 Å². The molecule has 2 rings (SSSR count). The zero-order chi connectivity index (χ0) is 26.7. The number of aryl methyl sites for hydroxylation is 1. The van der Waals surface area contributed by atoms with Gasteiger partial charge in [0.1, 0.15) is 12.6 Å². The van der Waals surface area contributed by atoms with Gasteiger partial charge in [0.15, 0.2) is 0 Å². The normalized spacial score (nSPS) is 12.7. The number of halogens is 3. The van der Waals surface area contributed by atoms with Crippen LogP contribution in [0.15, 0.2) is 36.4 Å². The maximum Gasteiger partial charge on any atom is 0.244 e. The summed E-state index contributed by atoms with van der Waals surface area (Å²) in [6.45, 7) is 8.28. The maximum absolute atomic E-state index is 13.6. The molecule has 0 spiro atoms. The Bertz CT molecular complexity index is 1210. The van der Waals surface area contributed by atoms with E-state index in [-0.39, 0.29) is 18.1 Å². The average molecular weight is 563 g/mol. The number of carbonyl (C=O) groups is 2. The van der Waals surface area contributed by atoms with E-state index in [0.29, 0.717) is 20.6 Å². The van der Waals surface area contributed by atoms with Gasteiger partial charge in [0.2, 0.25) is 21.8 Å². The Morgan fingerprint density at radius 1 is 1.03 bits per heavy atom. The van der Waals surface area contributed by atoms with Gasteiger partial charge in [-0.2, -0.15) is 0 Å². The third-order valence-corrected chi connectivity index (χ3v) is 7.28. The van der Waals surface area contributed by atoms with Gasteiger partial charge in [-0.05, 0) is 70.0 Å². The van der Waals surface area contributed by atoms with Crippen LogP contribution in [0.5, 0.6) is 0 Å². The second-order valence-electron chi connectivity index (χ2n) is 9.38. The lowest BCUT2D eigenvalue weighted by Gasteiger charge is -2.33. The Morgan fingerprint density at radius 3 is 2.17 bits per heavy atom. The largest absolute Gasteiger partial charge is 0.350 e. The van der Waals surface area contributed by atoms with Crippen molar-refractivity contribution in [2.75, 3.05) is 17.1 Å². The fourth-order valence-corrected chi connectivity index (χ4v) is 4.73. The van der Waals surface area contributed by atoms with E-state index in [0.717, 1.165) is 16.1 Å². The SMILES string of the molecule is Cc1ccc(N(CC(=O)N(Cc2ccc(Cl)cc2Cl)C(C)C(=O)NC(C)(C)C)S(C)(=O)=O)cc1Cl. The third kappa shape index (κ3) is 8.27. The van der Waals surface area contributed by atoms with Crippen molar-refractivity contribution in [3.8, 4) is 0 Å². The number of hydrogen-bond donors (Lipinski definition) is 1. The van der Waals surface area contributed by atoms with E-state index in [1.807, 2.05) is 20.8 Å². The summed E-state index contributed by atoms with van der Waals surface area (Å²) in [6.07, 6.45) is 1.00. The number of carbonyl (C=O) groups excluding carboxylic acids is 2. The molecular weight excluding hydrogens is 533 g/mol. The van der Waals surface area contributed by atoms with Crippen LogP contribution in [0.3, 0.4) is 0 Å². The number of rotatable bonds is 8. The lowest BCUT2D eigenvalue weighted by molar-refractivity contribution is -0.140. The molecule has 7 nitrogen and oxygen atoms in total. The number of sulfonamides is 1. The van der Waals surface area contributed by atoms with Gasteiger partial charge in [-0.25, -0.2) is 8.42 Å². The average Bonchev–Trinajstić information content (AvgIpc) is 2.71. The Kier molecular flexibility index (Phi) is 9.50. The van der Waals surface area contributed by atoms with Crippen molar-refractivity contribution in [1.82, 2.24) is 10.2 Å². The number of hydrogen-bond acceptors (Lipinski definition) is 4. The predicted molar refractivity (Wildman–Crippen MR) is 143 cm³/mol. The molecule has 0 saturated carbocycles. The molecule has 2 aromatic rings. The van der Waals surface area contributed by atoms with Crippen molar-refractivity contribution in [2.24, 2.45) is 0 Å². The fourth-order valence-electron chi connectivity index (χ4n) is 3.24. The zero-order valence-corrected chi connectivity index (χ0v) is 23.6. The molecule has 1 unspecified atom stereocenters. The standard InChI is InChI=1S/C24H30Cl3N3O4S/c1-15-7-10-19(12-20(15)26)30(35(6,33)34)14-22(31)29(16(2)23(32)28-24(3,4)5)13-17-8-9-18(25)11-21(17)27/h7-12,16H,13-14H2,1-6H3,(H,28,32). The first kappa shape index (κ1) is 29.2. The summed E-state index contributed by atoms with van der Waals surface area (Å²) in [7, 11) is -3.85. The maximum atomic E-state index is 13.6. The van der Waals surface area contributed by atoms with Gasteiger partial charge in [0.25, 0.3) is 0 Å². The van der Waals surface area contributed by atoms with Crippen LogP contribution in [0.4, 0.5) is 5.69 Å². The molecule has 192 valence electrons. The Labute approximate surface area is 222 Å². The molecule has 0 bridgehead atoms. The predicted octanol–water partition coefficient (Wildman–Crippen LogP) is 5.05. The van der Waals surface area contributed by atoms with E-state index in [4.69, 9.17) is 34.8 Å². The molecule has 0 saturated heterocycles. The summed E-state index contributed by atoms with van der Waals surface area (Å²) in [5.41, 5.74) is 1.04. The molecule has 0 aliphatic carbocycles. The van der Waals surface area contributed by atoms with Crippen LogP contribution < -0.4 is 9.62 Å². The van der Waals surface area contributed by atoms with E-state index >= 15 is 0 Å². The number of anilines is 1. The minimum absolute atomic E-state index is 0.0280. The summed E-state index contributed by atoms with van der Waals surface area (Å²) in [4.78, 5) is 27.8. The molecule has 0 aliphatic heterocycles. The Balaban J connectivity index is 2.46. The van der Waals surface area contributed by atoms with Crippen molar-refractivity contribution in [2.45, 2.75) is 52.7 Å². The van der Waals surface area contributed by atoms with Gasteiger partial charge >= 0.3 is 0 Å². The summed E-state index contributed by atoms with van der Waals surface area (Å²) in [6, 6.07) is 8.64. The molecule has 2 aromatic carbocycles. The minimum Gasteiger partial charge on any atom is -0.350 e. The molecule has 0 aromatic heterocycles. The van der Waals surface area contributed by atoms with E-state index in [1.165, 1.54) is 17.0 Å². The molecule has 11 heteroatoms. The number of nitrogens with zero attached hydrogens (tertiary/aromatic N) is 2. The van der Waals surface area contributed by atoms with Crippen molar-refractivity contribution < 1.29 is 18.0 Å². The van der Waals surface area contributed by atoms with Crippen LogP contribution in [0.25, 0.3) is 0 Å². The molecule has 0 aliphatic rings. The molecule has 1 atom stereocenters. The Hall–Kier alpha value is -2.00. The first-order chi connectivity index (χ1) is 16.0. The first-order valence-electron chi connectivity index (χ1n) is 10.8. The van der Waals surface area contributed by atoms with Crippen molar-refractivity contribution in [3.05, 3.63) is 62.6 Å². The smallest absolute Gasteiger partial charge is 0.244 e. The molecule has 2 amide bonds. The van der Waals surface area contributed by atoms with E-state index in [1.54, 1.807) is 38.1 Å². The minimum atomic E-state index is -3.85. The summed E-state index contributed by atoms with van der Waals surface area (Å²) < 4.78 is 26.2. The van der Waals surface area contributed by atoms with Crippen LogP contribution in [-0.2, 0) is 26.2 Å². The summed E-state index contributed by atoms with van der Waals surface area (Å²) in [5, 5.41) is 3.97. The second kappa shape index (κ2) is 11.4. The Morgan fingerprint density at radius 2 is 1.66 bits per heavy atom. The van der Waals surface area contributed by atoms with Gasteiger partial charge in [0.05, 0.1) is 11.9 Å². The highest BCUT2D eigenvalue weighted by Gasteiger charge is 2.31. The highest BCUT2D eigenvalue weighted by atomic mass is 35.5. The second-order valence-corrected chi connectivity index (χ2v) is 12.5. The molecule has 1 N–H and O–H groups in total. The van der Waals surface area contributed by atoms with Crippen molar-refractivity contribution >= 4 is 62.3 Å². The van der Waals surface area contributed by atoms with E-state index in [2.05, 4.69) is 5.32 Å². The first-order valence-corrected chi connectivity index (χ1v) is 13.8. The van der Waals surface area contributed by atoms with Gasteiger partial charge in [-0.15, -0.1) is 0 Å². The number of nitrogens with one attached hydrogen (secondary N) is 1. The fraction of sp³-hybridized carbons (Fsp3) is 0.417. The summed E-state index contributed by atoms with van der Waals surface area (Å²) >= 11 is 18.5.